The van der Waals surface area contributed by atoms with Gasteiger partial charge in [-0.3, -0.25) is 4.90 Å². The van der Waals surface area contributed by atoms with Crippen LogP contribution in [0.5, 0.6) is 11.5 Å². The van der Waals surface area contributed by atoms with Gasteiger partial charge < -0.3 is 25.3 Å². The molecule has 1 heterocycles. The first kappa shape index (κ1) is 20.0. The van der Waals surface area contributed by atoms with Crippen LogP contribution in [-0.4, -0.2) is 57.4 Å². The molecule has 1 fully saturated rings. The highest BCUT2D eigenvalue weighted by molar-refractivity contribution is 5.93. The van der Waals surface area contributed by atoms with E-state index < -0.39 is 0 Å². The fraction of sp³-hybridized carbons (Fsp3) is 0.381. The maximum Gasteiger partial charge on any atom is 0.193 e. The Bertz CT molecular complexity index is 776. The predicted octanol–water partition coefficient (Wildman–Crippen LogP) is 2.33. The maximum absolute atomic E-state index is 6.01. The van der Waals surface area contributed by atoms with Gasteiger partial charge in [0.25, 0.3) is 0 Å². The van der Waals surface area contributed by atoms with E-state index in [4.69, 9.17) is 19.9 Å². The minimum absolute atomic E-state index is 0.336. The number of rotatable bonds is 8. The molecule has 0 radical (unpaired) electrons. The Morgan fingerprint density at radius 3 is 2.82 bits per heavy atom. The Balaban J connectivity index is 1.49. The molecule has 0 aromatic heterocycles. The van der Waals surface area contributed by atoms with Crippen LogP contribution in [0, 0.1) is 0 Å². The molecule has 150 valence electrons. The summed E-state index contributed by atoms with van der Waals surface area (Å²) in [4.78, 5) is 6.76. The summed E-state index contributed by atoms with van der Waals surface area (Å²) in [6.07, 6.45) is 0. The maximum atomic E-state index is 6.01. The summed E-state index contributed by atoms with van der Waals surface area (Å²) in [5.74, 6) is 1.90. The number of aliphatic imine (C=N–C) groups is 1. The fourth-order valence-electron chi connectivity index (χ4n) is 2.95. The molecular formula is C21H28N4O3. The lowest BCUT2D eigenvalue weighted by Gasteiger charge is -2.26. The van der Waals surface area contributed by atoms with Crippen molar-refractivity contribution in [2.45, 2.75) is 6.54 Å². The topological polar surface area (TPSA) is 81.3 Å². The highest BCUT2D eigenvalue weighted by Gasteiger charge is 2.09. The van der Waals surface area contributed by atoms with E-state index in [1.165, 1.54) is 0 Å². The van der Waals surface area contributed by atoms with Crippen molar-refractivity contribution < 1.29 is 14.2 Å². The molecule has 0 bridgehead atoms. The molecule has 0 atom stereocenters. The lowest BCUT2D eigenvalue weighted by molar-refractivity contribution is 0.0322. The van der Waals surface area contributed by atoms with E-state index in [1.54, 1.807) is 7.11 Å². The molecular weight excluding hydrogens is 356 g/mol. The number of hydrogen-bond donors (Lipinski definition) is 2. The summed E-state index contributed by atoms with van der Waals surface area (Å²) in [6.45, 7) is 5.57. The average Bonchev–Trinajstić information content (AvgIpc) is 2.74. The van der Waals surface area contributed by atoms with Crippen LogP contribution in [0.4, 0.5) is 5.69 Å². The third-order valence-electron chi connectivity index (χ3n) is 4.48. The van der Waals surface area contributed by atoms with Crippen LogP contribution in [0.15, 0.2) is 53.5 Å². The standard InChI is InChI=1S/C21H28N4O3/c1-26-20-8-3-2-7-19(20)24-21(22)23-16-17-5-4-6-18(15-17)28-14-11-25-9-12-27-13-10-25/h2-8,15H,9-14,16H2,1H3,(H3,22,23,24). The third-order valence-corrected chi connectivity index (χ3v) is 4.48. The molecule has 1 aliphatic heterocycles. The Morgan fingerprint density at radius 1 is 1.18 bits per heavy atom. The number of methoxy groups -OCH3 is 1. The number of nitrogens with one attached hydrogen (secondary N) is 1. The van der Waals surface area contributed by atoms with Crippen molar-refractivity contribution in [3.8, 4) is 11.5 Å². The van der Waals surface area contributed by atoms with E-state index in [2.05, 4.69) is 15.2 Å². The van der Waals surface area contributed by atoms with Gasteiger partial charge in [-0.2, -0.15) is 0 Å². The molecule has 28 heavy (non-hydrogen) atoms. The lowest BCUT2D eigenvalue weighted by atomic mass is 10.2. The normalized spacial score (nSPS) is 15.2. The van der Waals surface area contributed by atoms with Crippen molar-refractivity contribution in [1.82, 2.24) is 4.90 Å². The number of ether oxygens (including phenoxy) is 3. The van der Waals surface area contributed by atoms with Crippen LogP contribution in [0.2, 0.25) is 0 Å². The van der Waals surface area contributed by atoms with Crippen molar-refractivity contribution >= 4 is 11.6 Å². The second kappa shape index (κ2) is 10.5. The molecule has 3 rings (SSSR count). The van der Waals surface area contributed by atoms with Crippen LogP contribution in [0.1, 0.15) is 5.56 Å². The van der Waals surface area contributed by atoms with Crippen molar-refractivity contribution in [3.05, 3.63) is 54.1 Å². The predicted molar refractivity (Wildman–Crippen MR) is 111 cm³/mol. The van der Waals surface area contributed by atoms with Crippen molar-refractivity contribution in [2.75, 3.05) is 51.9 Å². The number of anilines is 1. The third kappa shape index (κ3) is 6.14. The smallest absolute Gasteiger partial charge is 0.193 e. The molecule has 7 heteroatoms. The Hall–Kier alpha value is -2.77. The number of morpholine rings is 1. The summed E-state index contributed by atoms with van der Waals surface area (Å²) in [7, 11) is 1.62. The van der Waals surface area contributed by atoms with E-state index in [9.17, 15) is 0 Å². The zero-order chi connectivity index (χ0) is 19.6. The SMILES string of the molecule is COc1ccccc1NC(N)=NCc1cccc(OCCN2CCOCC2)c1. The van der Waals surface area contributed by atoms with Gasteiger partial charge in [-0.1, -0.05) is 24.3 Å². The molecule has 7 nitrogen and oxygen atoms in total. The molecule has 0 saturated carbocycles. The monoisotopic (exact) mass is 384 g/mol. The number of benzene rings is 2. The number of nitrogens with two attached hydrogens (primary N) is 1. The van der Waals surface area contributed by atoms with E-state index in [1.807, 2.05) is 48.5 Å². The van der Waals surface area contributed by atoms with Gasteiger partial charge in [0.05, 0.1) is 32.6 Å². The van der Waals surface area contributed by atoms with Gasteiger partial charge in [0.2, 0.25) is 0 Å². The minimum Gasteiger partial charge on any atom is -0.495 e. The first-order valence-electron chi connectivity index (χ1n) is 9.46. The first-order valence-corrected chi connectivity index (χ1v) is 9.46. The largest absolute Gasteiger partial charge is 0.495 e. The summed E-state index contributed by atoms with van der Waals surface area (Å²) in [6, 6.07) is 15.5. The van der Waals surface area contributed by atoms with Crippen molar-refractivity contribution in [1.29, 1.82) is 0 Å². The second-order valence-corrected chi connectivity index (χ2v) is 6.48. The molecule has 0 spiro atoms. The molecule has 3 N–H and O–H groups in total. The van der Waals surface area contributed by atoms with Crippen molar-refractivity contribution in [2.24, 2.45) is 10.7 Å². The second-order valence-electron chi connectivity index (χ2n) is 6.48. The first-order chi connectivity index (χ1) is 13.7. The molecule has 1 aliphatic rings. The summed E-state index contributed by atoms with van der Waals surface area (Å²) < 4.78 is 16.6. The van der Waals surface area contributed by atoms with E-state index >= 15 is 0 Å². The van der Waals surface area contributed by atoms with Gasteiger partial charge in [-0.05, 0) is 29.8 Å². The molecule has 2 aromatic carbocycles. The number of nitrogens with zero attached hydrogens (tertiary/aromatic N) is 2. The van der Waals surface area contributed by atoms with Crippen LogP contribution in [-0.2, 0) is 11.3 Å². The number of para-hydroxylation sites is 2. The highest BCUT2D eigenvalue weighted by Crippen LogP contribution is 2.22. The zero-order valence-corrected chi connectivity index (χ0v) is 16.3. The van der Waals surface area contributed by atoms with Crippen molar-refractivity contribution in [3.63, 3.8) is 0 Å². The molecule has 1 saturated heterocycles. The summed E-state index contributed by atoms with van der Waals surface area (Å²) in [5.41, 5.74) is 7.83. The van der Waals surface area contributed by atoms with E-state index in [0.717, 1.165) is 55.6 Å². The Labute approximate surface area is 166 Å². The summed E-state index contributed by atoms with van der Waals surface area (Å²) in [5, 5.41) is 3.07. The fourth-order valence-corrected chi connectivity index (χ4v) is 2.95. The number of guanidine groups is 1. The minimum atomic E-state index is 0.336. The van der Waals surface area contributed by atoms with E-state index in [0.29, 0.717) is 19.1 Å². The zero-order valence-electron chi connectivity index (χ0n) is 16.3. The van der Waals surface area contributed by atoms with Gasteiger partial charge in [0, 0.05) is 19.6 Å². The van der Waals surface area contributed by atoms with Crippen LogP contribution in [0.3, 0.4) is 0 Å². The quantitative estimate of drug-likeness (QED) is 0.537. The van der Waals surface area contributed by atoms with Gasteiger partial charge in [0.1, 0.15) is 18.1 Å². The average molecular weight is 384 g/mol. The molecule has 2 aromatic rings. The Morgan fingerprint density at radius 2 is 2.00 bits per heavy atom. The molecule has 0 amide bonds. The lowest BCUT2D eigenvalue weighted by Crippen LogP contribution is -2.38. The number of hydrogen-bond acceptors (Lipinski definition) is 5. The molecule has 0 unspecified atom stereocenters. The molecule has 0 aliphatic carbocycles. The van der Waals surface area contributed by atoms with Gasteiger partial charge in [-0.25, -0.2) is 4.99 Å². The van der Waals surface area contributed by atoms with Gasteiger partial charge in [0.15, 0.2) is 5.96 Å². The Kier molecular flexibility index (Phi) is 7.52. The van der Waals surface area contributed by atoms with Gasteiger partial charge >= 0.3 is 0 Å². The van der Waals surface area contributed by atoms with Gasteiger partial charge in [-0.15, -0.1) is 0 Å². The summed E-state index contributed by atoms with van der Waals surface area (Å²) >= 11 is 0. The highest BCUT2D eigenvalue weighted by atomic mass is 16.5. The van der Waals surface area contributed by atoms with Crippen LogP contribution >= 0.6 is 0 Å². The van der Waals surface area contributed by atoms with Crippen LogP contribution < -0.4 is 20.5 Å². The van der Waals surface area contributed by atoms with Crippen LogP contribution in [0.25, 0.3) is 0 Å². The van der Waals surface area contributed by atoms with E-state index in [-0.39, 0.29) is 0 Å².